The van der Waals surface area contributed by atoms with E-state index in [0.717, 1.165) is 17.7 Å². The summed E-state index contributed by atoms with van der Waals surface area (Å²) in [6.07, 6.45) is 3.30. The van der Waals surface area contributed by atoms with Crippen molar-refractivity contribution in [1.29, 1.82) is 0 Å². The summed E-state index contributed by atoms with van der Waals surface area (Å²) >= 11 is 0. The molecule has 2 N–H and O–H groups in total. The van der Waals surface area contributed by atoms with Gasteiger partial charge in [0.2, 0.25) is 0 Å². The fraction of sp³-hybridized carbons (Fsp3) is 0.353. The van der Waals surface area contributed by atoms with Gasteiger partial charge < -0.3 is 10.6 Å². The van der Waals surface area contributed by atoms with Gasteiger partial charge in [0.05, 0.1) is 17.9 Å². The molecule has 1 aromatic carbocycles. The van der Waals surface area contributed by atoms with Crippen molar-refractivity contribution in [3.8, 4) is 0 Å². The minimum atomic E-state index is -0.214. The van der Waals surface area contributed by atoms with Crippen molar-refractivity contribution in [2.45, 2.75) is 32.4 Å². The lowest BCUT2D eigenvalue weighted by atomic mass is 10.0. The van der Waals surface area contributed by atoms with Crippen LogP contribution in [0.1, 0.15) is 24.6 Å². The Morgan fingerprint density at radius 3 is 2.71 bits per heavy atom. The van der Waals surface area contributed by atoms with Crippen LogP contribution < -0.4 is 10.6 Å². The number of anilines is 1. The molecule has 0 bridgehead atoms. The maximum atomic E-state index is 14.3. The first-order chi connectivity index (χ1) is 10.1. The zero-order valence-corrected chi connectivity index (χ0v) is 12.6. The molecule has 1 aromatic heterocycles. The molecule has 1 unspecified atom stereocenters. The number of aromatic nitrogens is 1. The summed E-state index contributed by atoms with van der Waals surface area (Å²) in [5.41, 5.74) is 8.50. The standard InChI is InChI=1S/C17H22FN3/c1-3-14(19)11-13-7-6-9-16(18)17(13)21(2)12-15-8-4-5-10-20-15/h4-10,14H,3,11-12,19H2,1-2H3. The summed E-state index contributed by atoms with van der Waals surface area (Å²) in [5, 5.41) is 0. The molecule has 0 aliphatic rings. The lowest BCUT2D eigenvalue weighted by molar-refractivity contribution is 0.608. The van der Waals surface area contributed by atoms with E-state index in [1.807, 2.05) is 43.1 Å². The topological polar surface area (TPSA) is 42.1 Å². The van der Waals surface area contributed by atoms with Gasteiger partial charge >= 0.3 is 0 Å². The Kier molecular flexibility index (Phi) is 5.28. The van der Waals surface area contributed by atoms with Crippen LogP contribution in [0.3, 0.4) is 0 Å². The molecule has 0 fully saturated rings. The van der Waals surface area contributed by atoms with E-state index >= 15 is 0 Å². The Morgan fingerprint density at radius 2 is 2.05 bits per heavy atom. The SMILES string of the molecule is CCC(N)Cc1cccc(F)c1N(C)Cc1ccccn1. The van der Waals surface area contributed by atoms with E-state index in [4.69, 9.17) is 5.73 Å². The monoisotopic (exact) mass is 287 g/mol. The predicted molar refractivity (Wildman–Crippen MR) is 84.7 cm³/mol. The molecular formula is C17H22FN3. The van der Waals surface area contributed by atoms with Crippen LogP contribution in [-0.2, 0) is 13.0 Å². The van der Waals surface area contributed by atoms with E-state index < -0.39 is 0 Å². The second kappa shape index (κ2) is 7.18. The summed E-state index contributed by atoms with van der Waals surface area (Å²) < 4.78 is 14.3. The zero-order valence-electron chi connectivity index (χ0n) is 12.6. The van der Waals surface area contributed by atoms with E-state index in [-0.39, 0.29) is 11.9 Å². The Morgan fingerprint density at radius 1 is 1.24 bits per heavy atom. The summed E-state index contributed by atoms with van der Waals surface area (Å²) in [4.78, 5) is 6.19. The molecule has 0 aliphatic heterocycles. The number of hydrogen-bond acceptors (Lipinski definition) is 3. The molecule has 0 amide bonds. The molecule has 4 heteroatoms. The first-order valence-electron chi connectivity index (χ1n) is 7.25. The van der Waals surface area contributed by atoms with Crippen LogP contribution in [0, 0.1) is 5.82 Å². The average Bonchev–Trinajstić information content (AvgIpc) is 2.48. The van der Waals surface area contributed by atoms with Gasteiger partial charge in [0.25, 0.3) is 0 Å². The molecule has 21 heavy (non-hydrogen) atoms. The molecular weight excluding hydrogens is 265 g/mol. The maximum absolute atomic E-state index is 14.3. The lowest BCUT2D eigenvalue weighted by Gasteiger charge is -2.24. The van der Waals surface area contributed by atoms with E-state index in [0.29, 0.717) is 18.7 Å². The molecule has 0 saturated heterocycles. The summed E-state index contributed by atoms with van der Waals surface area (Å²) in [6, 6.07) is 11.0. The number of hydrogen-bond donors (Lipinski definition) is 1. The Balaban J connectivity index is 2.24. The average molecular weight is 287 g/mol. The van der Waals surface area contributed by atoms with Gasteiger partial charge in [0.15, 0.2) is 0 Å². The first-order valence-corrected chi connectivity index (χ1v) is 7.25. The van der Waals surface area contributed by atoms with Crippen LogP contribution in [0.15, 0.2) is 42.6 Å². The van der Waals surface area contributed by atoms with E-state index in [1.165, 1.54) is 6.07 Å². The second-order valence-electron chi connectivity index (χ2n) is 5.30. The third-order valence-electron chi connectivity index (χ3n) is 3.58. The van der Waals surface area contributed by atoms with Gasteiger partial charge in [0.1, 0.15) is 5.82 Å². The highest BCUT2D eigenvalue weighted by molar-refractivity contribution is 5.54. The number of para-hydroxylation sites is 1. The van der Waals surface area contributed by atoms with Crippen molar-refractivity contribution < 1.29 is 4.39 Å². The van der Waals surface area contributed by atoms with Crippen LogP contribution >= 0.6 is 0 Å². The molecule has 2 rings (SSSR count). The van der Waals surface area contributed by atoms with Crippen LogP contribution in [0.25, 0.3) is 0 Å². The molecule has 0 saturated carbocycles. The second-order valence-corrected chi connectivity index (χ2v) is 5.30. The third-order valence-corrected chi connectivity index (χ3v) is 3.58. The summed E-state index contributed by atoms with van der Waals surface area (Å²) in [7, 11) is 1.88. The van der Waals surface area contributed by atoms with Gasteiger partial charge in [-0.3, -0.25) is 4.98 Å². The molecule has 2 aromatic rings. The van der Waals surface area contributed by atoms with Crippen molar-refractivity contribution in [3.63, 3.8) is 0 Å². The van der Waals surface area contributed by atoms with Crippen molar-refractivity contribution in [2.24, 2.45) is 5.73 Å². The van der Waals surface area contributed by atoms with Crippen molar-refractivity contribution in [2.75, 3.05) is 11.9 Å². The molecule has 112 valence electrons. The Labute approximate surface area is 125 Å². The fourth-order valence-corrected chi connectivity index (χ4v) is 2.39. The van der Waals surface area contributed by atoms with Crippen LogP contribution in [-0.4, -0.2) is 18.1 Å². The van der Waals surface area contributed by atoms with Gasteiger partial charge in [-0.1, -0.05) is 25.1 Å². The van der Waals surface area contributed by atoms with Crippen LogP contribution in [0.5, 0.6) is 0 Å². The Hall–Kier alpha value is -1.94. The van der Waals surface area contributed by atoms with Gasteiger partial charge in [-0.25, -0.2) is 4.39 Å². The van der Waals surface area contributed by atoms with Crippen molar-refractivity contribution in [1.82, 2.24) is 4.98 Å². The van der Waals surface area contributed by atoms with Crippen molar-refractivity contribution >= 4 is 5.69 Å². The molecule has 0 aliphatic carbocycles. The molecule has 1 heterocycles. The fourth-order valence-electron chi connectivity index (χ4n) is 2.39. The summed E-state index contributed by atoms with van der Waals surface area (Å²) in [6.45, 7) is 2.61. The summed E-state index contributed by atoms with van der Waals surface area (Å²) in [5.74, 6) is -0.214. The van der Waals surface area contributed by atoms with Crippen LogP contribution in [0.4, 0.5) is 10.1 Å². The minimum Gasteiger partial charge on any atom is -0.366 e. The van der Waals surface area contributed by atoms with E-state index in [1.54, 1.807) is 12.3 Å². The maximum Gasteiger partial charge on any atom is 0.146 e. The minimum absolute atomic E-state index is 0.0498. The largest absolute Gasteiger partial charge is 0.366 e. The lowest BCUT2D eigenvalue weighted by Crippen LogP contribution is -2.25. The molecule has 0 radical (unpaired) electrons. The predicted octanol–water partition coefficient (Wildman–Crippen LogP) is 3.14. The van der Waals surface area contributed by atoms with E-state index in [9.17, 15) is 4.39 Å². The van der Waals surface area contributed by atoms with Gasteiger partial charge in [-0.15, -0.1) is 0 Å². The number of pyridine rings is 1. The number of halogens is 1. The highest BCUT2D eigenvalue weighted by atomic mass is 19.1. The first kappa shape index (κ1) is 15.4. The molecule has 0 spiro atoms. The highest BCUT2D eigenvalue weighted by Gasteiger charge is 2.15. The highest BCUT2D eigenvalue weighted by Crippen LogP contribution is 2.26. The van der Waals surface area contributed by atoms with Gasteiger partial charge in [0, 0.05) is 19.3 Å². The van der Waals surface area contributed by atoms with Gasteiger partial charge in [-0.2, -0.15) is 0 Å². The number of nitrogens with zero attached hydrogens (tertiary/aromatic N) is 2. The quantitative estimate of drug-likeness (QED) is 0.887. The number of nitrogens with two attached hydrogens (primary N) is 1. The Bertz CT molecular complexity index is 572. The van der Waals surface area contributed by atoms with Crippen LogP contribution in [0.2, 0.25) is 0 Å². The number of benzene rings is 1. The number of rotatable bonds is 6. The molecule has 3 nitrogen and oxygen atoms in total. The molecule has 1 atom stereocenters. The third kappa shape index (κ3) is 4.02. The van der Waals surface area contributed by atoms with Gasteiger partial charge in [-0.05, 0) is 36.6 Å². The van der Waals surface area contributed by atoms with Crippen molar-refractivity contribution in [3.05, 3.63) is 59.7 Å². The normalized spacial score (nSPS) is 12.2. The smallest absolute Gasteiger partial charge is 0.146 e. The van der Waals surface area contributed by atoms with E-state index in [2.05, 4.69) is 4.98 Å². The zero-order chi connectivity index (χ0) is 15.2.